The second-order valence-corrected chi connectivity index (χ2v) is 5.57. The van der Waals surface area contributed by atoms with Crippen molar-refractivity contribution in [1.82, 2.24) is 5.32 Å². The summed E-state index contributed by atoms with van der Waals surface area (Å²) in [6.07, 6.45) is 8.04. The molecule has 90 valence electrons. The summed E-state index contributed by atoms with van der Waals surface area (Å²) in [6.45, 7) is 7.07. The first-order valence-electron chi connectivity index (χ1n) is 6.66. The zero-order chi connectivity index (χ0) is 11.4. The summed E-state index contributed by atoms with van der Waals surface area (Å²) >= 11 is 0. The summed E-state index contributed by atoms with van der Waals surface area (Å²) in [4.78, 5) is 0. The van der Waals surface area contributed by atoms with Gasteiger partial charge < -0.3 is 4.48 Å². The van der Waals surface area contributed by atoms with Crippen molar-refractivity contribution in [2.24, 2.45) is 0 Å². The van der Waals surface area contributed by atoms with Crippen LogP contribution in [-0.4, -0.2) is 37.3 Å². The van der Waals surface area contributed by atoms with Gasteiger partial charge in [0.2, 0.25) is 0 Å². The molecular weight excluding hydrogens is 184 g/mol. The number of likely N-dealkylation sites (N-methyl/N-ethyl adjacent to an activating group) is 1. The first-order valence-corrected chi connectivity index (χ1v) is 6.66. The van der Waals surface area contributed by atoms with Gasteiger partial charge in [-0.25, -0.2) is 0 Å². The maximum atomic E-state index is 3.80. The van der Waals surface area contributed by atoms with Crippen LogP contribution in [0.25, 0.3) is 0 Å². The summed E-state index contributed by atoms with van der Waals surface area (Å²) in [5, 5.41) is 3.80. The third-order valence-corrected chi connectivity index (χ3v) is 4.17. The van der Waals surface area contributed by atoms with E-state index in [0.29, 0.717) is 5.66 Å². The van der Waals surface area contributed by atoms with Crippen molar-refractivity contribution in [3.05, 3.63) is 0 Å². The van der Waals surface area contributed by atoms with Gasteiger partial charge in [-0.05, 0) is 12.8 Å². The molecule has 0 aromatic carbocycles. The maximum Gasteiger partial charge on any atom is 0.152 e. The van der Waals surface area contributed by atoms with Gasteiger partial charge >= 0.3 is 0 Å². The molecular formula is C13H29N2+. The van der Waals surface area contributed by atoms with Gasteiger partial charge in [0.25, 0.3) is 0 Å². The van der Waals surface area contributed by atoms with Crippen molar-refractivity contribution in [2.45, 2.75) is 58.0 Å². The Hall–Kier alpha value is -0.0800. The molecule has 2 heteroatoms. The first kappa shape index (κ1) is 13.0. The Morgan fingerprint density at radius 2 is 1.60 bits per heavy atom. The Kier molecular flexibility index (Phi) is 4.60. The minimum absolute atomic E-state index is 0.381. The van der Waals surface area contributed by atoms with Crippen LogP contribution in [0, 0.1) is 0 Å². The Balaban J connectivity index is 2.66. The first-order chi connectivity index (χ1) is 7.08. The number of quaternary nitrogens is 1. The normalized spacial score (nSPS) is 23.2. The Morgan fingerprint density at radius 1 is 1.07 bits per heavy atom. The van der Waals surface area contributed by atoms with Crippen molar-refractivity contribution in [1.29, 1.82) is 0 Å². The predicted molar refractivity (Wildman–Crippen MR) is 66.8 cm³/mol. The third-order valence-electron chi connectivity index (χ3n) is 4.17. The molecule has 1 fully saturated rings. The van der Waals surface area contributed by atoms with E-state index in [-0.39, 0.29) is 0 Å². The summed E-state index contributed by atoms with van der Waals surface area (Å²) < 4.78 is 1.17. The lowest BCUT2D eigenvalue weighted by Crippen LogP contribution is -2.60. The van der Waals surface area contributed by atoms with Crippen LogP contribution in [0.3, 0.4) is 0 Å². The predicted octanol–water partition coefficient (Wildman–Crippen LogP) is 2.74. The van der Waals surface area contributed by atoms with Crippen LogP contribution in [0.4, 0.5) is 0 Å². The maximum absolute atomic E-state index is 3.80. The van der Waals surface area contributed by atoms with Gasteiger partial charge in [-0.2, -0.15) is 0 Å². The molecule has 0 saturated carbocycles. The van der Waals surface area contributed by atoms with Gasteiger partial charge in [0.15, 0.2) is 5.66 Å². The fourth-order valence-electron chi connectivity index (χ4n) is 2.84. The van der Waals surface area contributed by atoms with Crippen molar-refractivity contribution in [2.75, 3.05) is 27.2 Å². The van der Waals surface area contributed by atoms with Crippen molar-refractivity contribution in [3.8, 4) is 0 Å². The second kappa shape index (κ2) is 5.31. The number of rotatable bonds is 6. The van der Waals surface area contributed by atoms with Crippen LogP contribution in [0.5, 0.6) is 0 Å². The van der Waals surface area contributed by atoms with Gasteiger partial charge in [0.05, 0.1) is 27.2 Å². The fourth-order valence-corrected chi connectivity index (χ4v) is 2.84. The van der Waals surface area contributed by atoms with Crippen LogP contribution >= 0.6 is 0 Å². The summed E-state index contributed by atoms with van der Waals surface area (Å²) in [7, 11) is 4.79. The van der Waals surface area contributed by atoms with E-state index in [2.05, 4.69) is 33.3 Å². The zero-order valence-corrected chi connectivity index (χ0v) is 11.1. The highest BCUT2D eigenvalue weighted by Crippen LogP contribution is 2.33. The van der Waals surface area contributed by atoms with Crippen LogP contribution in [-0.2, 0) is 0 Å². The monoisotopic (exact) mass is 213 g/mol. The lowest BCUT2D eigenvalue weighted by Gasteiger charge is -2.43. The molecule has 0 aliphatic carbocycles. The number of nitrogens with one attached hydrogen (secondary N) is 1. The average molecular weight is 213 g/mol. The quantitative estimate of drug-likeness (QED) is 0.669. The molecule has 0 bridgehead atoms. The summed E-state index contributed by atoms with van der Waals surface area (Å²) in [6, 6.07) is 0. The number of hydrogen-bond acceptors (Lipinski definition) is 1. The van der Waals surface area contributed by atoms with E-state index in [1.165, 1.54) is 56.1 Å². The largest absolute Gasteiger partial charge is 0.310 e. The van der Waals surface area contributed by atoms with Crippen LogP contribution in [0.1, 0.15) is 52.4 Å². The smallest absolute Gasteiger partial charge is 0.152 e. The lowest BCUT2D eigenvalue weighted by atomic mass is 9.94. The molecule has 15 heavy (non-hydrogen) atoms. The molecule has 1 saturated heterocycles. The zero-order valence-electron chi connectivity index (χ0n) is 11.1. The highest BCUT2D eigenvalue weighted by atomic mass is 15.5. The topological polar surface area (TPSA) is 12.0 Å². The van der Waals surface area contributed by atoms with E-state index in [4.69, 9.17) is 0 Å². The van der Waals surface area contributed by atoms with Gasteiger partial charge in [0, 0.05) is 12.8 Å². The van der Waals surface area contributed by atoms with Gasteiger partial charge in [0.1, 0.15) is 0 Å². The molecule has 0 aromatic rings. The molecule has 0 unspecified atom stereocenters. The van der Waals surface area contributed by atoms with Gasteiger partial charge in [-0.1, -0.05) is 26.7 Å². The Bertz CT molecular complexity index is 179. The molecule has 1 rings (SSSR count). The minimum Gasteiger partial charge on any atom is -0.310 e. The SMILES string of the molecule is CCCCC1(CCCC)NCC[N+]1(C)C. The molecule has 2 nitrogen and oxygen atoms in total. The van der Waals surface area contributed by atoms with E-state index in [0.717, 1.165) is 0 Å². The molecule has 1 aliphatic rings. The van der Waals surface area contributed by atoms with Crippen molar-refractivity contribution < 1.29 is 4.48 Å². The number of nitrogens with zero attached hydrogens (tertiary/aromatic N) is 1. The fraction of sp³-hybridized carbons (Fsp3) is 1.00. The molecule has 1 aliphatic heterocycles. The van der Waals surface area contributed by atoms with Gasteiger partial charge in [-0.3, -0.25) is 5.32 Å². The van der Waals surface area contributed by atoms with E-state index >= 15 is 0 Å². The highest BCUT2D eigenvalue weighted by molar-refractivity contribution is 4.83. The van der Waals surface area contributed by atoms with Crippen LogP contribution < -0.4 is 5.32 Å². The molecule has 0 atom stereocenters. The van der Waals surface area contributed by atoms with E-state index in [1.54, 1.807) is 0 Å². The van der Waals surface area contributed by atoms with Crippen LogP contribution in [0.15, 0.2) is 0 Å². The lowest BCUT2D eigenvalue weighted by molar-refractivity contribution is -0.931. The standard InChI is InChI=1S/C13H29N2/c1-5-7-9-13(10-8-6-2)14-11-12-15(13,3)4/h14H,5-12H2,1-4H3/q+1. The summed E-state index contributed by atoms with van der Waals surface area (Å²) in [5.74, 6) is 0. The average Bonchev–Trinajstić information content (AvgIpc) is 2.49. The van der Waals surface area contributed by atoms with Crippen molar-refractivity contribution >= 4 is 0 Å². The Morgan fingerprint density at radius 3 is 1.93 bits per heavy atom. The second-order valence-electron chi connectivity index (χ2n) is 5.57. The molecule has 0 aromatic heterocycles. The summed E-state index contributed by atoms with van der Waals surface area (Å²) in [5.41, 5.74) is 0.381. The molecule has 1 heterocycles. The number of unbranched alkanes of at least 4 members (excludes halogenated alkanes) is 2. The Labute approximate surface area is 95.6 Å². The van der Waals surface area contributed by atoms with Gasteiger partial charge in [-0.15, -0.1) is 0 Å². The molecule has 1 N–H and O–H groups in total. The van der Waals surface area contributed by atoms with E-state index < -0.39 is 0 Å². The molecule has 0 radical (unpaired) electrons. The third kappa shape index (κ3) is 2.73. The molecule has 0 spiro atoms. The minimum atomic E-state index is 0.381. The van der Waals surface area contributed by atoms with Crippen LogP contribution in [0.2, 0.25) is 0 Å². The molecule has 0 amide bonds. The number of hydrogen-bond donors (Lipinski definition) is 1. The van der Waals surface area contributed by atoms with Crippen molar-refractivity contribution in [3.63, 3.8) is 0 Å². The van der Waals surface area contributed by atoms with E-state index in [1.807, 2.05) is 0 Å². The van der Waals surface area contributed by atoms with E-state index in [9.17, 15) is 0 Å². The highest BCUT2D eigenvalue weighted by Gasteiger charge is 2.47.